The number of hydrogen-bond donors (Lipinski definition) is 0. The first-order valence-corrected chi connectivity index (χ1v) is 5.21. The molecule has 44 valence electrons. The summed E-state index contributed by atoms with van der Waals surface area (Å²) < 4.78 is 0.595. The van der Waals surface area contributed by atoms with Crippen molar-refractivity contribution in [1.82, 2.24) is 0 Å². The van der Waals surface area contributed by atoms with Gasteiger partial charge >= 0.3 is 0 Å². The highest BCUT2D eigenvalue weighted by molar-refractivity contribution is 9.13. The van der Waals surface area contributed by atoms with Crippen LogP contribution in [-0.4, -0.2) is 15.2 Å². The Bertz CT molecular complexity index is 40.7. The highest BCUT2D eigenvalue weighted by Crippen LogP contribution is 2.18. The van der Waals surface area contributed by atoms with E-state index in [9.17, 15) is 0 Å². The molecular weight excluding hydrogens is 240 g/mol. The Morgan fingerprint density at radius 1 is 1.71 bits per heavy atom. The van der Waals surface area contributed by atoms with Crippen LogP contribution in [0.2, 0.25) is 0 Å². The lowest BCUT2D eigenvalue weighted by Gasteiger charge is -1.99. The van der Waals surface area contributed by atoms with E-state index in [1.165, 1.54) is 5.75 Å². The molecule has 0 rings (SSSR count). The fourth-order valence-electron chi connectivity index (χ4n) is 0.225. The predicted octanol–water partition coefficient (Wildman–Crippen LogP) is 2.86. The lowest BCUT2D eigenvalue weighted by atomic mass is 11.0. The maximum Gasteiger partial charge on any atom is 0.0696 e. The van der Waals surface area contributed by atoms with Crippen molar-refractivity contribution < 1.29 is 0 Å². The Morgan fingerprint density at radius 3 is 2.43 bits per heavy atom. The second kappa shape index (κ2) is 5.45. The van der Waals surface area contributed by atoms with E-state index in [2.05, 4.69) is 38.8 Å². The highest BCUT2D eigenvalue weighted by atomic mass is 79.9. The number of hydrogen-bond acceptors (Lipinski definition) is 1. The third-order valence-corrected chi connectivity index (χ3v) is 4.39. The molecule has 0 N–H and O–H groups in total. The Labute approximate surface area is 65.7 Å². The summed E-state index contributed by atoms with van der Waals surface area (Å²) in [5.41, 5.74) is 0. The number of rotatable bonds is 3. The molecule has 0 saturated heterocycles. The number of halogens is 2. The summed E-state index contributed by atoms with van der Waals surface area (Å²) in [4.78, 5) is 0. The third kappa shape index (κ3) is 5.18. The normalized spacial score (nSPS) is 14.1. The van der Waals surface area contributed by atoms with Crippen molar-refractivity contribution in [3.8, 4) is 0 Å². The Balaban J connectivity index is 2.83. The van der Waals surface area contributed by atoms with E-state index in [0.717, 1.165) is 5.33 Å². The second-order valence-corrected chi connectivity index (χ2v) is 4.86. The maximum absolute atomic E-state index is 3.45. The van der Waals surface area contributed by atoms with Gasteiger partial charge in [0.25, 0.3) is 0 Å². The van der Waals surface area contributed by atoms with Gasteiger partial charge < -0.3 is 0 Å². The van der Waals surface area contributed by atoms with Crippen molar-refractivity contribution in [2.45, 2.75) is 11.1 Å². The van der Waals surface area contributed by atoms with Crippen molar-refractivity contribution in [3.63, 3.8) is 0 Å². The Morgan fingerprint density at radius 2 is 2.29 bits per heavy atom. The van der Waals surface area contributed by atoms with Crippen molar-refractivity contribution in [2.75, 3.05) is 11.1 Å². The van der Waals surface area contributed by atoms with Crippen molar-refractivity contribution in [3.05, 3.63) is 0 Å². The molecule has 0 aromatic heterocycles. The van der Waals surface area contributed by atoms with Crippen molar-refractivity contribution in [1.29, 1.82) is 0 Å². The van der Waals surface area contributed by atoms with Crippen LogP contribution in [0.4, 0.5) is 0 Å². The van der Waals surface area contributed by atoms with Gasteiger partial charge in [-0.1, -0.05) is 38.8 Å². The van der Waals surface area contributed by atoms with E-state index in [-0.39, 0.29) is 0 Å². The summed E-state index contributed by atoms with van der Waals surface area (Å²) in [5.74, 6) is 1.18. The van der Waals surface area contributed by atoms with Gasteiger partial charge in [0.05, 0.1) is 4.16 Å². The summed E-state index contributed by atoms with van der Waals surface area (Å²) in [6, 6.07) is 0. The van der Waals surface area contributed by atoms with Gasteiger partial charge in [-0.2, -0.15) is 0 Å². The van der Waals surface area contributed by atoms with Gasteiger partial charge in [0.2, 0.25) is 0 Å². The third-order valence-electron chi connectivity index (χ3n) is 0.469. The van der Waals surface area contributed by atoms with Gasteiger partial charge in [-0.3, -0.25) is 0 Å². The second-order valence-electron chi connectivity index (χ2n) is 1.02. The van der Waals surface area contributed by atoms with Crippen molar-refractivity contribution in [2.24, 2.45) is 0 Å². The van der Waals surface area contributed by atoms with Crippen LogP contribution < -0.4 is 0 Å². The van der Waals surface area contributed by atoms with E-state index in [1.807, 2.05) is 11.8 Å². The van der Waals surface area contributed by atoms with Crippen LogP contribution in [0.15, 0.2) is 0 Å². The molecule has 7 heavy (non-hydrogen) atoms. The molecular formula is C4H8Br2S. The molecule has 0 aliphatic carbocycles. The average molecular weight is 248 g/mol. The molecule has 0 bridgehead atoms. The van der Waals surface area contributed by atoms with Gasteiger partial charge in [0, 0.05) is 5.33 Å². The van der Waals surface area contributed by atoms with E-state index < -0.39 is 0 Å². The molecule has 0 nitrogen and oxygen atoms in total. The van der Waals surface area contributed by atoms with E-state index in [0.29, 0.717) is 4.16 Å². The average Bonchev–Trinajstić information content (AvgIpc) is 1.68. The monoisotopic (exact) mass is 246 g/mol. The van der Waals surface area contributed by atoms with Crippen LogP contribution in [0.5, 0.6) is 0 Å². The summed E-state index contributed by atoms with van der Waals surface area (Å²) in [6.45, 7) is 2.15. The topological polar surface area (TPSA) is 0 Å². The van der Waals surface area contributed by atoms with Crippen molar-refractivity contribution >= 4 is 43.6 Å². The molecule has 3 heteroatoms. The minimum absolute atomic E-state index is 0.595. The van der Waals surface area contributed by atoms with E-state index in [1.54, 1.807) is 0 Å². The molecule has 0 radical (unpaired) electrons. The Hall–Kier alpha value is 1.31. The molecule has 0 amide bonds. The van der Waals surface area contributed by atoms with Crippen LogP contribution in [0.25, 0.3) is 0 Å². The Kier molecular flexibility index (Phi) is 6.47. The first-order chi connectivity index (χ1) is 3.31. The number of thioether (sulfide) groups is 1. The molecule has 1 atom stereocenters. The number of alkyl halides is 2. The standard InChI is InChI=1S/C4H8Br2S/c1-2-7-4(6)3-5/h4H,2-3H2,1H3. The first-order valence-electron chi connectivity index (χ1n) is 2.13. The SMILES string of the molecule is CCSC(Br)CBr. The minimum atomic E-state index is 0.595. The van der Waals surface area contributed by atoms with Gasteiger partial charge in [0.1, 0.15) is 0 Å². The van der Waals surface area contributed by atoms with Crippen LogP contribution in [0.3, 0.4) is 0 Å². The smallest absolute Gasteiger partial charge is 0.0696 e. The predicted molar refractivity (Wildman–Crippen MR) is 44.6 cm³/mol. The van der Waals surface area contributed by atoms with Crippen LogP contribution >= 0.6 is 43.6 Å². The summed E-state index contributed by atoms with van der Waals surface area (Å²) >= 11 is 8.70. The molecule has 0 saturated carbocycles. The fourth-order valence-corrected chi connectivity index (χ4v) is 2.03. The summed E-state index contributed by atoms with van der Waals surface area (Å²) in [7, 11) is 0. The molecule has 0 heterocycles. The molecule has 0 aliphatic heterocycles. The lowest BCUT2D eigenvalue weighted by molar-refractivity contribution is 1.45. The maximum atomic E-state index is 3.45. The molecule has 0 aliphatic rings. The summed E-state index contributed by atoms with van der Waals surface area (Å²) in [5, 5.41) is 1.03. The molecule has 0 fully saturated rings. The molecule has 0 aromatic carbocycles. The highest BCUT2D eigenvalue weighted by Gasteiger charge is 1.96. The quantitative estimate of drug-likeness (QED) is 0.692. The van der Waals surface area contributed by atoms with Gasteiger partial charge in [-0.25, -0.2) is 0 Å². The lowest BCUT2D eigenvalue weighted by Crippen LogP contribution is -1.90. The van der Waals surface area contributed by atoms with Crippen LogP contribution in [-0.2, 0) is 0 Å². The van der Waals surface area contributed by atoms with Gasteiger partial charge in [-0.15, -0.1) is 11.8 Å². The molecule has 0 spiro atoms. The zero-order valence-electron chi connectivity index (χ0n) is 4.16. The summed E-state index contributed by atoms with van der Waals surface area (Å²) in [6.07, 6.45) is 0. The first kappa shape index (κ1) is 8.31. The molecule has 1 unspecified atom stereocenters. The van der Waals surface area contributed by atoms with Gasteiger partial charge in [-0.05, 0) is 5.75 Å². The van der Waals surface area contributed by atoms with Crippen LogP contribution in [0, 0.1) is 0 Å². The minimum Gasteiger partial charge on any atom is -0.146 e. The van der Waals surface area contributed by atoms with Crippen LogP contribution in [0.1, 0.15) is 6.92 Å². The van der Waals surface area contributed by atoms with Gasteiger partial charge in [0.15, 0.2) is 0 Å². The molecule has 0 aromatic rings. The van der Waals surface area contributed by atoms with E-state index >= 15 is 0 Å². The fraction of sp³-hybridized carbons (Fsp3) is 1.00. The zero-order valence-corrected chi connectivity index (χ0v) is 8.14. The zero-order chi connectivity index (χ0) is 5.70. The largest absolute Gasteiger partial charge is 0.146 e. The van der Waals surface area contributed by atoms with E-state index in [4.69, 9.17) is 0 Å².